The third-order valence-electron chi connectivity index (χ3n) is 1.55. The van der Waals surface area contributed by atoms with Crippen LogP contribution < -0.4 is 0 Å². The first-order valence-corrected chi connectivity index (χ1v) is 3.85. The molecule has 0 aromatic rings. The van der Waals surface area contributed by atoms with Gasteiger partial charge in [0, 0.05) is 19.6 Å². The summed E-state index contributed by atoms with van der Waals surface area (Å²) in [6.07, 6.45) is 0. The van der Waals surface area contributed by atoms with Crippen molar-refractivity contribution >= 4 is 29.5 Å². The molecular formula is C5H8Cl2N2O2. The summed E-state index contributed by atoms with van der Waals surface area (Å²) in [5.74, 6) is -0.939. The third kappa shape index (κ3) is 2.20. The van der Waals surface area contributed by atoms with Gasteiger partial charge in [0.05, 0.1) is 0 Å². The van der Waals surface area contributed by atoms with Crippen molar-refractivity contribution in [2.24, 2.45) is 0 Å². The first kappa shape index (κ1) is 9.06. The van der Waals surface area contributed by atoms with Crippen molar-refractivity contribution in [3.8, 4) is 0 Å². The summed E-state index contributed by atoms with van der Waals surface area (Å²) < 4.78 is 2.69. The topological polar surface area (TPSA) is 43.8 Å². The zero-order valence-corrected chi connectivity index (χ0v) is 7.22. The lowest BCUT2D eigenvalue weighted by atomic mass is 10.2. The normalized spacial score (nSPS) is 28.7. The summed E-state index contributed by atoms with van der Waals surface area (Å²) in [4.78, 5) is 10.5. The average molecular weight is 199 g/mol. The van der Waals surface area contributed by atoms with Crippen LogP contribution in [-0.4, -0.2) is 45.6 Å². The summed E-state index contributed by atoms with van der Waals surface area (Å²) in [6.45, 7) is 1.33. The lowest BCUT2D eigenvalue weighted by molar-refractivity contribution is -0.142. The lowest BCUT2D eigenvalue weighted by Crippen LogP contribution is -2.49. The second kappa shape index (κ2) is 3.58. The number of hydrogen-bond donors (Lipinski definition) is 1. The van der Waals surface area contributed by atoms with Gasteiger partial charge in [-0.1, -0.05) is 0 Å². The molecule has 0 saturated carbocycles. The van der Waals surface area contributed by atoms with E-state index in [1.807, 2.05) is 0 Å². The fraction of sp³-hybridized carbons (Fsp3) is 0.800. The smallest absolute Gasteiger partial charge is 0.323 e. The maximum atomic E-state index is 10.5. The Balaban J connectivity index is 2.54. The molecule has 11 heavy (non-hydrogen) atoms. The standard InChI is InChI=1S/C5H8Cl2N2O2/c6-8-1-2-9(7)4(3-8)5(10)11/h4H,1-3H2,(H,10,11). The monoisotopic (exact) mass is 198 g/mol. The SMILES string of the molecule is O=C(O)C1CN(Cl)CCN1Cl. The van der Waals surface area contributed by atoms with Gasteiger partial charge in [0.1, 0.15) is 6.04 Å². The van der Waals surface area contributed by atoms with Gasteiger partial charge in [-0.25, -0.2) is 8.84 Å². The van der Waals surface area contributed by atoms with Crippen LogP contribution >= 0.6 is 23.6 Å². The van der Waals surface area contributed by atoms with E-state index in [-0.39, 0.29) is 6.54 Å². The van der Waals surface area contributed by atoms with E-state index in [2.05, 4.69) is 0 Å². The minimum Gasteiger partial charge on any atom is -0.480 e. The van der Waals surface area contributed by atoms with E-state index < -0.39 is 12.0 Å². The Hall–Kier alpha value is -0.0300. The van der Waals surface area contributed by atoms with Crippen LogP contribution in [0.3, 0.4) is 0 Å². The molecule has 1 unspecified atom stereocenters. The van der Waals surface area contributed by atoms with Crippen LogP contribution in [0.1, 0.15) is 0 Å². The Labute approximate surface area is 74.5 Å². The molecule has 6 heteroatoms. The first-order valence-electron chi connectivity index (χ1n) is 3.17. The number of halogens is 2. The molecule has 0 radical (unpaired) electrons. The summed E-state index contributed by atoms with van der Waals surface area (Å²) >= 11 is 11.2. The van der Waals surface area contributed by atoms with Gasteiger partial charge in [0.2, 0.25) is 0 Å². The van der Waals surface area contributed by atoms with E-state index in [0.717, 1.165) is 0 Å². The molecule has 1 atom stereocenters. The van der Waals surface area contributed by atoms with Gasteiger partial charge in [-0.3, -0.25) is 4.79 Å². The molecule has 64 valence electrons. The summed E-state index contributed by atoms with van der Waals surface area (Å²) in [5.41, 5.74) is 0. The predicted octanol–water partition coefficient (Wildman–Crippen LogP) is 0.365. The first-order chi connectivity index (χ1) is 5.11. The third-order valence-corrected chi connectivity index (χ3v) is 2.26. The van der Waals surface area contributed by atoms with Gasteiger partial charge >= 0.3 is 5.97 Å². The van der Waals surface area contributed by atoms with Crippen molar-refractivity contribution in [3.63, 3.8) is 0 Å². The minimum atomic E-state index is -0.939. The lowest BCUT2D eigenvalue weighted by Gasteiger charge is -2.30. The average Bonchev–Trinajstić information content (AvgIpc) is 1.94. The molecule has 4 nitrogen and oxygen atoms in total. The number of hydrogen-bond acceptors (Lipinski definition) is 3. The molecule has 0 amide bonds. The fourth-order valence-electron chi connectivity index (χ4n) is 0.925. The van der Waals surface area contributed by atoms with Gasteiger partial charge < -0.3 is 5.11 Å². The van der Waals surface area contributed by atoms with Crippen molar-refractivity contribution in [2.45, 2.75) is 6.04 Å². The molecule has 0 bridgehead atoms. The summed E-state index contributed by atoms with van der Waals surface area (Å²) in [5, 5.41) is 8.62. The van der Waals surface area contributed by atoms with E-state index in [0.29, 0.717) is 13.1 Å². The van der Waals surface area contributed by atoms with Crippen LogP contribution in [0.15, 0.2) is 0 Å². The summed E-state index contributed by atoms with van der Waals surface area (Å²) in [6, 6.07) is -0.692. The van der Waals surface area contributed by atoms with Gasteiger partial charge in [-0.15, -0.1) is 0 Å². The highest BCUT2D eigenvalue weighted by Gasteiger charge is 2.30. The van der Waals surface area contributed by atoms with E-state index in [1.165, 1.54) is 8.84 Å². The zero-order chi connectivity index (χ0) is 8.43. The van der Waals surface area contributed by atoms with E-state index in [1.54, 1.807) is 0 Å². The highest BCUT2D eigenvalue weighted by Crippen LogP contribution is 2.13. The molecule has 1 saturated heterocycles. The van der Waals surface area contributed by atoms with Crippen molar-refractivity contribution in [3.05, 3.63) is 0 Å². The van der Waals surface area contributed by atoms with Crippen LogP contribution in [0, 0.1) is 0 Å². The molecule has 1 aliphatic heterocycles. The maximum absolute atomic E-state index is 10.5. The van der Waals surface area contributed by atoms with Gasteiger partial charge in [0.15, 0.2) is 0 Å². The van der Waals surface area contributed by atoms with E-state index in [4.69, 9.17) is 28.7 Å². The molecule has 1 aliphatic rings. The van der Waals surface area contributed by atoms with Gasteiger partial charge in [-0.05, 0) is 23.6 Å². The second-order valence-electron chi connectivity index (χ2n) is 2.35. The zero-order valence-electron chi connectivity index (χ0n) is 5.70. The molecule has 1 rings (SSSR count). The van der Waals surface area contributed by atoms with E-state index >= 15 is 0 Å². The minimum absolute atomic E-state index is 0.264. The van der Waals surface area contributed by atoms with E-state index in [9.17, 15) is 4.79 Å². The number of aliphatic carboxylic acids is 1. The maximum Gasteiger partial charge on any atom is 0.323 e. The number of nitrogens with zero attached hydrogens (tertiary/aromatic N) is 2. The van der Waals surface area contributed by atoms with Crippen molar-refractivity contribution in [1.82, 2.24) is 8.84 Å². The molecule has 1 heterocycles. The molecule has 1 fully saturated rings. The van der Waals surface area contributed by atoms with Gasteiger partial charge in [-0.2, -0.15) is 0 Å². The Bertz CT molecular complexity index is 167. The Kier molecular flexibility index (Phi) is 2.95. The van der Waals surface area contributed by atoms with Crippen LogP contribution in [-0.2, 0) is 4.79 Å². The number of carboxylic acid groups (broad SMARTS) is 1. The second-order valence-corrected chi connectivity index (χ2v) is 3.26. The molecule has 0 aromatic carbocycles. The predicted molar refractivity (Wildman–Crippen MR) is 41.4 cm³/mol. The van der Waals surface area contributed by atoms with Crippen LogP contribution in [0.25, 0.3) is 0 Å². The van der Waals surface area contributed by atoms with Crippen molar-refractivity contribution in [2.75, 3.05) is 19.6 Å². The van der Waals surface area contributed by atoms with Crippen molar-refractivity contribution in [1.29, 1.82) is 0 Å². The molecule has 0 aliphatic carbocycles. The Morgan fingerprint density at radius 3 is 2.55 bits per heavy atom. The molecule has 0 aromatic heterocycles. The number of piperazine rings is 1. The highest BCUT2D eigenvalue weighted by atomic mass is 35.5. The Morgan fingerprint density at radius 2 is 2.09 bits per heavy atom. The fourth-order valence-corrected chi connectivity index (χ4v) is 1.35. The van der Waals surface area contributed by atoms with Crippen molar-refractivity contribution < 1.29 is 9.90 Å². The quantitative estimate of drug-likeness (QED) is 0.619. The highest BCUT2D eigenvalue weighted by molar-refractivity contribution is 6.16. The van der Waals surface area contributed by atoms with Gasteiger partial charge in [0.25, 0.3) is 0 Å². The largest absolute Gasteiger partial charge is 0.480 e. The molecule has 0 spiro atoms. The summed E-state index contributed by atoms with van der Waals surface area (Å²) in [7, 11) is 0. The number of carboxylic acids is 1. The van der Waals surface area contributed by atoms with Crippen LogP contribution in [0.2, 0.25) is 0 Å². The van der Waals surface area contributed by atoms with Crippen LogP contribution in [0.4, 0.5) is 0 Å². The molecular weight excluding hydrogens is 191 g/mol. The molecule has 1 N–H and O–H groups in total. The number of rotatable bonds is 1. The number of carbonyl (C=O) groups is 1. The van der Waals surface area contributed by atoms with Crippen LogP contribution in [0.5, 0.6) is 0 Å². The Morgan fingerprint density at radius 1 is 1.45 bits per heavy atom.